The Morgan fingerprint density at radius 1 is 1.00 bits per heavy atom. The molecule has 2 aromatic carbocycles. The summed E-state index contributed by atoms with van der Waals surface area (Å²) in [6.45, 7) is -0.107. The quantitative estimate of drug-likeness (QED) is 0.731. The number of amides is 2. The topological polar surface area (TPSA) is 93.5 Å². The maximum Gasteiger partial charge on any atom is 0.262 e. The fraction of sp³-hybridized carbons (Fsp3) is 0.333. The van der Waals surface area contributed by atoms with Crippen LogP contribution in [0.5, 0.6) is 5.75 Å². The Balaban J connectivity index is 1.51. The molecule has 0 saturated heterocycles. The van der Waals surface area contributed by atoms with Gasteiger partial charge >= 0.3 is 0 Å². The number of nitrogens with two attached hydrogens (primary N) is 1. The van der Waals surface area contributed by atoms with Crippen LogP contribution in [-0.2, 0) is 9.59 Å². The van der Waals surface area contributed by atoms with E-state index in [-0.39, 0.29) is 30.4 Å². The zero-order chi connectivity index (χ0) is 19.1. The third kappa shape index (κ3) is 5.82. The molecule has 0 aliphatic heterocycles. The van der Waals surface area contributed by atoms with E-state index in [0.717, 1.165) is 31.4 Å². The van der Waals surface area contributed by atoms with Crippen LogP contribution in [0.2, 0.25) is 0 Å². The van der Waals surface area contributed by atoms with Crippen molar-refractivity contribution < 1.29 is 14.3 Å². The van der Waals surface area contributed by atoms with Gasteiger partial charge in [0.1, 0.15) is 5.75 Å². The van der Waals surface area contributed by atoms with Gasteiger partial charge in [0, 0.05) is 29.4 Å². The van der Waals surface area contributed by atoms with Gasteiger partial charge in [-0.15, -0.1) is 0 Å². The molecule has 0 bridgehead atoms. The Morgan fingerprint density at radius 3 is 2.56 bits per heavy atom. The van der Waals surface area contributed by atoms with Crippen LogP contribution in [0.3, 0.4) is 0 Å². The lowest BCUT2D eigenvalue weighted by molar-refractivity contribution is -0.121. The number of benzene rings is 2. The lowest BCUT2D eigenvalue weighted by Crippen LogP contribution is -2.34. The zero-order valence-electron chi connectivity index (χ0n) is 15.2. The summed E-state index contributed by atoms with van der Waals surface area (Å²) in [7, 11) is 0. The van der Waals surface area contributed by atoms with Gasteiger partial charge in [-0.3, -0.25) is 9.59 Å². The van der Waals surface area contributed by atoms with E-state index in [1.165, 1.54) is 0 Å². The Kier molecular flexibility index (Phi) is 6.44. The van der Waals surface area contributed by atoms with Crippen LogP contribution in [0.1, 0.15) is 25.7 Å². The van der Waals surface area contributed by atoms with Gasteiger partial charge in [-0.25, -0.2) is 0 Å². The molecule has 3 rings (SSSR count). The molecule has 1 aliphatic rings. The number of nitrogens with one attached hydrogen (secondary N) is 2. The van der Waals surface area contributed by atoms with Crippen molar-refractivity contribution in [3.05, 3.63) is 54.6 Å². The molecular weight excluding hydrogens is 342 g/mol. The Morgan fingerprint density at radius 2 is 1.78 bits per heavy atom. The summed E-state index contributed by atoms with van der Waals surface area (Å²) in [6, 6.07) is 16.4. The Labute approximate surface area is 159 Å². The first-order valence-corrected chi connectivity index (χ1v) is 9.24. The lowest BCUT2D eigenvalue weighted by atomic mass is 9.85. The normalized spacial score (nSPS) is 19.1. The molecule has 1 aliphatic carbocycles. The number of carbonyl (C=O) groups is 2. The van der Waals surface area contributed by atoms with Crippen LogP contribution in [0.25, 0.3) is 0 Å². The van der Waals surface area contributed by atoms with Crippen LogP contribution in [-0.4, -0.2) is 24.5 Å². The van der Waals surface area contributed by atoms with Crippen molar-refractivity contribution in [2.75, 3.05) is 17.2 Å². The first kappa shape index (κ1) is 18.9. The van der Waals surface area contributed by atoms with E-state index in [1.54, 1.807) is 24.3 Å². The number of hydrogen-bond acceptors (Lipinski definition) is 4. The molecule has 0 heterocycles. The van der Waals surface area contributed by atoms with Gasteiger partial charge in [0.05, 0.1) is 0 Å². The highest BCUT2D eigenvalue weighted by atomic mass is 16.5. The molecule has 2 atom stereocenters. The minimum absolute atomic E-state index is 0.0101. The molecule has 27 heavy (non-hydrogen) atoms. The zero-order valence-corrected chi connectivity index (χ0v) is 15.2. The molecule has 142 valence electrons. The number of para-hydroxylation sites is 1. The van der Waals surface area contributed by atoms with Gasteiger partial charge in [-0.2, -0.15) is 0 Å². The van der Waals surface area contributed by atoms with Crippen LogP contribution in [0.15, 0.2) is 54.6 Å². The van der Waals surface area contributed by atoms with E-state index < -0.39 is 0 Å². The van der Waals surface area contributed by atoms with Crippen molar-refractivity contribution in [3.8, 4) is 5.75 Å². The SMILES string of the molecule is NC1CCCC(C(=O)Nc2cccc(OCC(=O)Nc3ccccc3)c2)C1. The highest BCUT2D eigenvalue weighted by Crippen LogP contribution is 2.25. The van der Waals surface area contributed by atoms with Crippen molar-refractivity contribution in [2.45, 2.75) is 31.7 Å². The maximum absolute atomic E-state index is 12.4. The number of hydrogen-bond donors (Lipinski definition) is 3. The summed E-state index contributed by atoms with van der Waals surface area (Å²) in [5.41, 5.74) is 7.34. The number of anilines is 2. The summed E-state index contributed by atoms with van der Waals surface area (Å²) < 4.78 is 5.54. The highest BCUT2D eigenvalue weighted by Gasteiger charge is 2.25. The van der Waals surface area contributed by atoms with Crippen molar-refractivity contribution in [1.29, 1.82) is 0 Å². The van der Waals surface area contributed by atoms with Gasteiger partial charge in [0.15, 0.2) is 6.61 Å². The summed E-state index contributed by atoms with van der Waals surface area (Å²) in [5.74, 6) is 0.224. The maximum atomic E-state index is 12.4. The molecule has 6 nitrogen and oxygen atoms in total. The van der Waals surface area contributed by atoms with Gasteiger partial charge in [0.2, 0.25) is 5.91 Å². The monoisotopic (exact) mass is 367 g/mol. The van der Waals surface area contributed by atoms with Crippen molar-refractivity contribution in [3.63, 3.8) is 0 Å². The first-order valence-electron chi connectivity index (χ1n) is 9.24. The van der Waals surface area contributed by atoms with E-state index in [2.05, 4.69) is 10.6 Å². The third-order valence-corrected chi connectivity index (χ3v) is 4.61. The second kappa shape index (κ2) is 9.19. The predicted octanol–water partition coefficient (Wildman–Crippen LogP) is 3.16. The molecule has 1 saturated carbocycles. The number of rotatable bonds is 6. The molecule has 0 aromatic heterocycles. The molecule has 6 heteroatoms. The average molecular weight is 367 g/mol. The molecule has 4 N–H and O–H groups in total. The standard InChI is InChI=1S/C21H25N3O3/c22-16-7-4-6-15(12-16)21(26)24-18-10-5-11-19(13-18)27-14-20(25)23-17-8-2-1-3-9-17/h1-3,5,8-11,13,15-16H,4,6-7,12,14,22H2,(H,23,25)(H,24,26). The largest absolute Gasteiger partial charge is 0.484 e. The second-order valence-corrected chi connectivity index (χ2v) is 6.84. The van der Waals surface area contributed by atoms with Crippen LogP contribution >= 0.6 is 0 Å². The van der Waals surface area contributed by atoms with E-state index in [1.807, 2.05) is 30.3 Å². The second-order valence-electron chi connectivity index (χ2n) is 6.84. The summed E-state index contributed by atoms with van der Waals surface area (Å²) in [5, 5.41) is 5.69. The molecule has 2 aromatic rings. The van der Waals surface area contributed by atoms with E-state index in [0.29, 0.717) is 11.4 Å². The molecule has 1 fully saturated rings. The fourth-order valence-corrected chi connectivity index (χ4v) is 3.24. The minimum atomic E-state index is -0.244. The third-order valence-electron chi connectivity index (χ3n) is 4.61. The first-order chi connectivity index (χ1) is 13.1. The number of ether oxygens (including phenoxy) is 1. The van der Waals surface area contributed by atoms with E-state index >= 15 is 0 Å². The van der Waals surface area contributed by atoms with E-state index in [4.69, 9.17) is 10.5 Å². The lowest BCUT2D eigenvalue weighted by Gasteiger charge is -2.25. The summed E-state index contributed by atoms with van der Waals surface area (Å²) >= 11 is 0. The molecule has 0 spiro atoms. The van der Waals surface area contributed by atoms with Gasteiger partial charge < -0.3 is 21.1 Å². The smallest absolute Gasteiger partial charge is 0.262 e. The van der Waals surface area contributed by atoms with Crippen molar-refractivity contribution >= 4 is 23.2 Å². The predicted molar refractivity (Wildman–Crippen MR) is 106 cm³/mol. The highest BCUT2D eigenvalue weighted by molar-refractivity contribution is 5.93. The summed E-state index contributed by atoms with van der Waals surface area (Å²) in [6.07, 6.45) is 3.56. The van der Waals surface area contributed by atoms with Crippen molar-refractivity contribution in [2.24, 2.45) is 11.7 Å². The minimum Gasteiger partial charge on any atom is -0.484 e. The summed E-state index contributed by atoms with van der Waals surface area (Å²) in [4.78, 5) is 24.4. The molecule has 2 unspecified atom stereocenters. The Bertz CT molecular complexity index is 779. The molecular formula is C21H25N3O3. The molecule has 0 radical (unpaired) electrons. The van der Waals surface area contributed by atoms with Crippen LogP contribution in [0.4, 0.5) is 11.4 Å². The van der Waals surface area contributed by atoms with Crippen molar-refractivity contribution in [1.82, 2.24) is 0 Å². The average Bonchev–Trinajstić information content (AvgIpc) is 2.67. The molecule has 2 amide bonds. The Hall–Kier alpha value is -2.86. The van der Waals surface area contributed by atoms with Crippen LogP contribution in [0, 0.1) is 5.92 Å². The number of carbonyl (C=O) groups excluding carboxylic acids is 2. The van der Waals surface area contributed by atoms with Gasteiger partial charge in [-0.05, 0) is 43.5 Å². The van der Waals surface area contributed by atoms with Crippen LogP contribution < -0.4 is 21.1 Å². The van der Waals surface area contributed by atoms with Gasteiger partial charge in [-0.1, -0.05) is 30.7 Å². The van der Waals surface area contributed by atoms with Gasteiger partial charge in [0.25, 0.3) is 5.91 Å². The fourth-order valence-electron chi connectivity index (χ4n) is 3.24. The van der Waals surface area contributed by atoms with E-state index in [9.17, 15) is 9.59 Å².